The Morgan fingerprint density at radius 3 is 2.14 bits per heavy atom. The molecule has 3 rings (SSSR count). The summed E-state index contributed by atoms with van der Waals surface area (Å²) in [6.07, 6.45) is -9.20. The third-order valence-electron chi connectivity index (χ3n) is 12.9. The van der Waals surface area contributed by atoms with Gasteiger partial charge in [-0.05, 0) is 80.8 Å². The highest BCUT2D eigenvalue weighted by molar-refractivity contribution is 5.73. The molecule has 17 nitrogen and oxygen atoms in total. The van der Waals surface area contributed by atoms with Crippen molar-refractivity contribution in [1.82, 2.24) is 10.4 Å². The summed E-state index contributed by atoms with van der Waals surface area (Å²) in [4.78, 5) is 22.0. The van der Waals surface area contributed by atoms with Crippen molar-refractivity contribution in [1.29, 1.82) is 0 Å². The summed E-state index contributed by atoms with van der Waals surface area (Å²) in [7, 11) is 6.79. The summed E-state index contributed by atoms with van der Waals surface area (Å²) in [5.41, 5.74) is -1.69. The molecule has 0 aromatic carbocycles. The van der Waals surface area contributed by atoms with Crippen molar-refractivity contribution in [3.63, 3.8) is 0 Å². The fourth-order valence-corrected chi connectivity index (χ4v) is 9.20. The molecule has 3 aliphatic rings. The topological polar surface area (TPSA) is 217 Å². The molecule has 0 aromatic rings. The van der Waals surface area contributed by atoms with E-state index in [1.807, 2.05) is 32.8 Å². The van der Waals surface area contributed by atoms with Gasteiger partial charge in [0.15, 0.2) is 19.4 Å². The highest BCUT2D eigenvalue weighted by Gasteiger charge is 2.53. The second kappa shape index (κ2) is 21.8. The van der Waals surface area contributed by atoms with Crippen LogP contribution in [0.1, 0.15) is 94.9 Å². The Bertz CT molecular complexity index is 1250. The largest absolute Gasteiger partial charge is 0.459 e. The first kappa shape index (κ1) is 51.2. The fourth-order valence-electron chi connectivity index (χ4n) is 9.20. The first-order valence-corrected chi connectivity index (χ1v) is 20.9. The van der Waals surface area contributed by atoms with Crippen molar-refractivity contribution in [2.45, 2.75) is 185 Å². The van der Waals surface area contributed by atoms with Crippen LogP contribution in [0.25, 0.3) is 0 Å². The maximum Gasteiger partial charge on any atom is 0.311 e. The second-order valence-electron chi connectivity index (χ2n) is 18.0. The molecule has 17 heteroatoms. The van der Waals surface area contributed by atoms with Crippen molar-refractivity contribution in [2.75, 3.05) is 48.3 Å². The summed E-state index contributed by atoms with van der Waals surface area (Å²) in [6.45, 7) is 17.7. The lowest BCUT2D eigenvalue weighted by Gasteiger charge is -2.49. The van der Waals surface area contributed by atoms with Crippen LogP contribution in [-0.2, 0) is 47.5 Å². The number of carbonyl (C=O) groups is 1. The fraction of sp³-hybridized carbons (Fsp3) is 0.976. The lowest BCUT2D eigenvalue weighted by Crippen LogP contribution is -2.62. The van der Waals surface area contributed by atoms with E-state index in [2.05, 4.69) is 5.48 Å². The smallest absolute Gasteiger partial charge is 0.311 e. The van der Waals surface area contributed by atoms with Gasteiger partial charge in [0.1, 0.15) is 23.9 Å². The van der Waals surface area contributed by atoms with Crippen LogP contribution in [0.2, 0.25) is 0 Å². The van der Waals surface area contributed by atoms with Crippen LogP contribution in [0.4, 0.5) is 0 Å². The highest BCUT2D eigenvalue weighted by atomic mass is 16.8. The number of hydrogen-bond acceptors (Lipinski definition) is 17. The molecule has 19 atom stereocenters. The number of methoxy groups -OCH3 is 2. The minimum absolute atomic E-state index is 0.0376. The monoisotopic (exact) mass is 839 g/mol. The molecule has 342 valence electrons. The number of likely N-dealkylation sites (N-methyl/N-ethyl adjacent to an activating group) is 1. The van der Waals surface area contributed by atoms with Crippen molar-refractivity contribution in [2.24, 2.45) is 23.7 Å². The van der Waals surface area contributed by atoms with Gasteiger partial charge in [-0.15, -0.1) is 0 Å². The predicted molar refractivity (Wildman–Crippen MR) is 212 cm³/mol. The highest BCUT2D eigenvalue weighted by Crippen LogP contribution is 2.41. The van der Waals surface area contributed by atoms with Gasteiger partial charge in [-0.3, -0.25) is 9.63 Å². The molecule has 6 N–H and O–H groups in total. The molecule has 0 radical (unpaired) electrons. The summed E-state index contributed by atoms with van der Waals surface area (Å²) >= 11 is 0. The molecule has 0 bridgehead atoms. The van der Waals surface area contributed by atoms with Crippen LogP contribution in [-0.4, -0.2) is 175 Å². The number of cyclic esters (lactones) is 1. The van der Waals surface area contributed by atoms with Crippen molar-refractivity contribution >= 4 is 5.97 Å². The van der Waals surface area contributed by atoms with E-state index in [-0.39, 0.29) is 44.8 Å². The molecule has 0 amide bonds. The number of nitrogens with zero attached hydrogens (tertiary/aromatic N) is 1. The minimum atomic E-state index is -1.93. The maximum atomic E-state index is 14.3. The molecule has 1 unspecified atom stereocenters. The standard InChI is InChI=1S/C41H78N2O15/c1-15-29-41(10,49)34(45)24(4)31(42-53-21-52-17-16-50-13)22(2)19-39(8,48)36(58-38-32(44)28(43(11)12)18-23(3)54-38)25(5)33(26(6)37(47)56-29)57-30-20-40(9,51-14)35(46)27(7)55-30/h22-36,38,42,44-46,48-49H,15-21H2,1-14H3/t22-,23-,24+,25+,26-,27+,28+,29-,30+,31?,32-,33+,34-,35+,36-,38+,39-,40-,41-/m1/s1. The van der Waals surface area contributed by atoms with Crippen LogP contribution in [0.5, 0.6) is 0 Å². The van der Waals surface area contributed by atoms with Crippen molar-refractivity contribution < 1.29 is 73.1 Å². The maximum absolute atomic E-state index is 14.3. The van der Waals surface area contributed by atoms with Gasteiger partial charge in [0.25, 0.3) is 0 Å². The van der Waals surface area contributed by atoms with E-state index in [0.29, 0.717) is 13.0 Å². The molecular weight excluding hydrogens is 760 g/mol. The molecule has 3 aliphatic heterocycles. The minimum Gasteiger partial charge on any atom is -0.459 e. The van der Waals surface area contributed by atoms with Crippen LogP contribution in [0.15, 0.2) is 0 Å². The average Bonchev–Trinajstić information content (AvgIpc) is 3.15. The number of rotatable bonds is 14. The molecule has 3 saturated heterocycles. The number of hydrogen-bond donors (Lipinski definition) is 6. The molecule has 3 fully saturated rings. The first-order valence-electron chi connectivity index (χ1n) is 20.9. The number of ether oxygens (including phenoxy) is 8. The lowest BCUT2D eigenvalue weighted by molar-refractivity contribution is -0.318. The van der Waals surface area contributed by atoms with E-state index < -0.39 is 108 Å². The Balaban J connectivity index is 2.19. The molecule has 58 heavy (non-hydrogen) atoms. The van der Waals surface area contributed by atoms with Gasteiger partial charge in [0.05, 0.1) is 60.9 Å². The Labute approximate surface area is 346 Å². The SMILES string of the molecule is CC[C@H]1OC(=O)[C@H](C)[C@@H](O[C@H]2C[C@@](C)(OC)[C@@H](O)[C@H](C)O2)[C@H](C)[C@@H](O[C@@H]2O[C@H](C)C[C@H](N(C)C)[C@H]2O)[C@](C)(O)C[C@@H](C)C(NOCOCCOC)[C@H](C)[C@@H](O)[C@]1(C)O. The summed E-state index contributed by atoms with van der Waals surface area (Å²) in [5, 5.41) is 59.3. The van der Waals surface area contributed by atoms with Crippen molar-refractivity contribution in [3.8, 4) is 0 Å². The van der Waals surface area contributed by atoms with Crippen LogP contribution < -0.4 is 5.48 Å². The van der Waals surface area contributed by atoms with Gasteiger partial charge in [0.2, 0.25) is 0 Å². The van der Waals surface area contributed by atoms with Gasteiger partial charge >= 0.3 is 5.97 Å². The van der Waals surface area contributed by atoms with Crippen molar-refractivity contribution in [3.05, 3.63) is 0 Å². The number of nitrogens with one attached hydrogen (secondary N) is 1. The first-order chi connectivity index (χ1) is 27.0. The van der Waals surface area contributed by atoms with Gasteiger partial charge in [-0.25, -0.2) is 0 Å². The zero-order chi connectivity index (χ0) is 43.9. The molecule has 3 heterocycles. The third-order valence-corrected chi connectivity index (χ3v) is 12.9. The molecule has 0 saturated carbocycles. The van der Waals surface area contributed by atoms with Crippen LogP contribution >= 0.6 is 0 Å². The molecule has 0 aromatic heterocycles. The Morgan fingerprint density at radius 1 is 0.897 bits per heavy atom. The second-order valence-corrected chi connectivity index (χ2v) is 18.0. The van der Waals surface area contributed by atoms with Gasteiger partial charge < -0.3 is 68.3 Å². The van der Waals surface area contributed by atoms with E-state index in [4.69, 9.17) is 42.7 Å². The Kier molecular flexibility index (Phi) is 19.2. The number of aliphatic hydroxyl groups excluding tert-OH is 3. The summed E-state index contributed by atoms with van der Waals surface area (Å²) < 4.78 is 48.3. The van der Waals surface area contributed by atoms with E-state index in [0.717, 1.165) is 0 Å². The zero-order valence-electron chi connectivity index (χ0n) is 37.5. The summed E-state index contributed by atoms with van der Waals surface area (Å²) in [6, 6.07) is -1.03. The third kappa shape index (κ3) is 12.3. The molecule has 0 aliphatic carbocycles. The zero-order valence-corrected chi connectivity index (χ0v) is 37.5. The van der Waals surface area contributed by atoms with Gasteiger partial charge in [-0.1, -0.05) is 27.7 Å². The van der Waals surface area contributed by atoms with E-state index in [9.17, 15) is 30.3 Å². The molecular formula is C41H78N2O15. The van der Waals surface area contributed by atoms with Crippen LogP contribution in [0.3, 0.4) is 0 Å². The summed E-state index contributed by atoms with van der Waals surface area (Å²) in [5.74, 6) is -3.82. The number of aliphatic hydroxyl groups is 5. The van der Waals surface area contributed by atoms with E-state index >= 15 is 0 Å². The number of carbonyl (C=O) groups excluding carboxylic acids is 1. The van der Waals surface area contributed by atoms with Crippen LogP contribution in [0, 0.1) is 23.7 Å². The number of hydroxylamine groups is 1. The van der Waals surface area contributed by atoms with E-state index in [1.165, 1.54) is 14.0 Å². The normalized spacial score (nSPS) is 46.4. The quantitative estimate of drug-likeness (QED) is 0.0636. The predicted octanol–water partition coefficient (Wildman–Crippen LogP) is 1.73. The van der Waals surface area contributed by atoms with E-state index in [1.54, 1.807) is 55.6 Å². The molecule has 0 spiro atoms. The Morgan fingerprint density at radius 2 is 1.55 bits per heavy atom. The van der Waals surface area contributed by atoms with Gasteiger partial charge in [0, 0.05) is 44.6 Å². The Hall–Kier alpha value is -1.13. The average molecular weight is 839 g/mol. The van der Waals surface area contributed by atoms with Gasteiger partial charge in [-0.2, -0.15) is 5.48 Å². The number of esters is 1. The lowest BCUT2D eigenvalue weighted by atomic mass is 9.72.